The summed E-state index contributed by atoms with van der Waals surface area (Å²) in [5.41, 5.74) is 4.68. The van der Waals surface area contributed by atoms with Gasteiger partial charge in [0.1, 0.15) is 5.75 Å². The molecule has 5 aromatic rings. The van der Waals surface area contributed by atoms with Crippen molar-refractivity contribution in [3.05, 3.63) is 134 Å². The Morgan fingerprint density at radius 3 is 1.56 bits per heavy atom. The molecule has 7 heteroatoms. The minimum Gasteiger partial charge on any atom is -0.493 e. The van der Waals surface area contributed by atoms with Crippen LogP contribution in [0, 0.1) is 13.8 Å². The largest absolute Gasteiger partial charge is 0.493 e. The first-order valence-electron chi connectivity index (χ1n) is 13.3. The van der Waals surface area contributed by atoms with Gasteiger partial charge in [0.2, 0.25) is 0 Å². The van der Waals surface area contributed by atoms with Gasteiger partial charge in [0.25, 0.3) is 11.1 Å². The number of hydrogen-bond donors (Lipinski definition) is 0. The first-order chi connectivity index (χ1) is 18.9. The summed E-state index contributed by atoms with van der Waals surface area (Å²) in [6, 6.07) is 26.9. The van der Waals surface area contributed by atoms with Gasteiger partial charge in [0, 0.05) is 31.0 Å². The van der Waals surface area contributed by atoms with E-state index >= 15 is 0 Å². The zero-order valence-corrected chi connectivity index (χ0v) is 23.1. The standard InChI is InChI=1S/C32H34N4O3/c1-6-21-39-27-20-14-13-19-26(27)30(28-22(2)33(4)35(31(28)37)24-15-9-7-10-16-24)29-23(3)34(5)36(32(29)38)25-17-11-8-12-18-25/h7-20,30H,6,21H2,1-5H3. The number of benzene rings is 3. The quantitative estimate of drug-likeness (QED) is 0.280. The van der Waals surface area contributed by atoms with Crippen LogP contribution in [0.2, 0.25) is 0 Å². The van der Waals surface area contributed by atoms with Gasteiger partial charge in [-0.25, -0.2) is 9.36 Å². The van der Waals surface area contributed by atoms with Gasteiger partial charge in [-0.1, -0.05) is 61.5 Å². The molecule has 0 bridgehead atoms. The average Bonchev–Trinajstić information content (AvgIpc) is 3.31. The SMILES string of the molecule is CCCOc1ccccc1C(c1c(C)n(C)n(-c2ccccc2)c1=O)c1c(C)n(C)n(-c2ccccc2)c1=O. The van der Waals surface area contributed by atoms with Crippen molar-refractivity contribution in [1.82, 2.24) is 18.7 Å². The highest BCUT2D eigenvalue weighted by molar-refractivity contribution is 5.52. The Bertz CT molecular complexity index is 1620. The molecule has 3 aromatic carbocycles. The smallest absolute Gasteiger partial charge is 0.275 e. The van der Waals surface area contributed by atoms with Crippen molar-refractivity contribution in [2.24, 2.45) is 14.1 Å². The maximum Gasteiger partial charge on any atom is 0.275 e. The van der Waals surface area contributed by atoms with Crippen molar-refractivity contribution in [2.45, 2.75) is 33.1 Å². The number of para-hydroxylation sites is 3. The van der Waals surface area contributed by atoms with E-state index in [1.54, 1.807) is 9.36 Å². The fraction of sp³-hybridized carbons (Fsp3) is 0.250. The van der Waals surface area contributed by atoms with Gasteiger partial charge in [0.15, 0.2) is 0 Å². The van der Waals surface area contributed by atoms with Gasteiger partial charge in [0.05, 0.1) is 35.0 Å². The monoisotopic (exact) mass is 522 g/mol. The third-order valence-corrected chi connectivity index (χ3v) is 7.47. The summed E-state index contributed by atoms with van der Waals surface area (Å²) in [5.74, 6) is 0.0394. The van der Waals surface area contributed by atoms with Gasteiger partial charge in [-0.05, 0) is 50.6 Å². The van der Waals surface area contributed by atoms with E-state index in [4.69, 9.17) is 4.74 Å². The topological polar surface area (TPSA) is 63.1 Å². The second-order valence-electron chi connectivity index (χ2n) is 9.77. The Morgan fingerprint density at radius 1 is 0.667 bits per heavy atom. The average molecular weight is 523 g/mol. The summed E-state index contributed by atoms with van der Waals surface area (Å²) < 4.78 is 13.2. The molecule has 0 atom stereocenters. The summed E-state index contributed by atoms with van der Waals surface area (Å²) in [7, 11) is 3.76. The number of rotatable bonds is 8. The second kappa shape index (κ2) is 10.7. The van der Waals surface area contributed by atoms with Crippen LogP contribution in [0.3, 0.4) is 0 Å². The molecule has 0 aliphatic carbocycles. The van der Waals surface area contributed by atoms with Crippen LogP contribution in [0.25, 0.3) is 11.4 Å². The molecule has 200 valence electrons. The molecule has 0 saturated heterocycles. The van der Waals surface area contributed by atoms with Gasteiger partial charge in [-0.15, -0.1) is 0 Å². The number of nitrogens with zero attached hydrogens (tertiary/aromatic N) is 4. The van der Waals surface area contributed by atoms with E-state index in [0.29, 0.717) is 23.5 Å². The molecule has 0 unspecified atom stereocenters. The zero-order chi connectivity index (χ0) is 27.7. The minimum atomic E-state index is -0.634. The van der Waals surface area contributed by atoms with E-state index < -0.39 is 5.92 Å². The summed E-state index contributed by atoms with van der Waals surface area (Å²) in [5, 5.41) is 0. The van der Waals surface area contributed by atoms with E-state index in [-0.39, 0.29) is 11.1 Å². The second-order valence-corrected chi connectivity index (χ2v) is 9.77. The van der Waals surface area contributed by atoms with Crippen LogP contribution < -0.4 is 15.9 Å². The van der Waals surface area contributed by atoms with E-state index in [2.05, 4.69) is 6.92 Å². The molecular weight excluding hydrogens is 488 g/mol. The predicted molar refractivity (Wildman–Crippen MR) is 155 cm³/mol. The molecular formula is C32H34N4O3. The fourth-order valence-corrected chi connectivity index (χ4v) is 5.36. The highest BCUT2D eigenvalue weighted by Gasteiger charge is 2.34. The lowest BCUT2D eigenvalue weighted by molar-refractivity contribution is 0.313. The Hall–Kier alpha value is -4.52. The molecule has 0 aliphatic rings. The maximum atomic E-state index is 14.3. The summed E-state index contributed by atoms with van der Waals surface area (Å²) >= 11 is 0. The molecule has 2 heterocycles. The predicted octanol–water partition coefficient (Wildman–Crippen LogP) is 5.25. The van der Waals surface area contributed by atoms with E-state index in [1.807, 2.05) is 122 Å². The molecule has 2 aromatic heterocycles. The fourth-order valence-electron chi connectivity index (χ4n) is 5.36. The number of ether oxygens (including phenoxy) is 1. The normalized spacial score (nSPS) is 11.3. The third-order valence-electron chi connectivity index (χ3n) is 7.47. The van der Waals surface area contributed by atoms with Crippen LogP contribution in [-0.4, -0.2) is 25.3 Å². The van der Waals surface area contributed by atoms with Crippen molar-refractivity contribution in [3.8, 4) is 17.1 Å². The van der Waals surface area contributed by atoms with Crippen LogP contribution in [0.4, 0.5) is 0 Å². The van der Waals surface area contributed by atoms with Crippen molar-refractivity contribution in [3.63, 3.8) is 0 Å². The lowest BCUT2D eigenvalue weighted by Crippen LogP contribution is -2.26. The molecule has 0 saturated carbocycles. The Balaban J connectivity index is 1.85. The molecule has 0 amide bonds. The van der Waals surface area contributed by atoms with Crippen LogP contribution >= 0.6 is 0 Å². The van der Waals surface area contributed by atoms with Crippen LogP contribution in [0.5, 0.6) is 5.75 Å². The number of hydrogen-bond acceptors (Lipinski definition) is 3. The Labute approximate surface area is 228 Å². The molecule has 0 radical (unpaired) electrons. The van der Waals surface area contributed by atoms with Crippen molar-refractivity contribution < 1.29 is 4.74 Å². The highest BCUT2D eigenvalue weighted by Crippen LogP contribution is 2.38. The van der Waals surface area contributed by atoms with Crippen molar-refractivity contribution >= 4 is 0 Å². The first-order valence-corrected chi connectivity index (χ1v) is 13.3. The Morgan fingerprint density at radius 2 is 1.10 bits per heavy atom. The minimum absolute atomic E-state index is 0.162. The van der Waals surface area contributed by atoms with Gasteiger partial charge >= 0.3 is 0 Å². The highest BCUT2D eigenvalue weighted by atomic mass is 16.5. The van der Waals surface area contributed by atoms with Crippen LogP contribution in [0.1, 0.15) is 47.3 Å². The molecule has 39 heavy (non-hydrogen) atoms. The molecule has 0 fully saturated rings. The lowest BCUT2D eigenvalue weighted by Gasteiger charge is -2.20. The Kier molecular flexibility index (Phi) is 7.15. The van der Waals surface area contributed by atoms with Gasteiger partial charge in [-0.3, -0.25) is 19.0 Å². The van der Waals surface area contributed by atoms with Gasteiger partial charge in [-0.2, -0.15) is 0 Å². The first kappa shape index (κ1) is 26.1. The van der Waals surface area contributed by atoms with E-state index in [9.17, 15) is 9.59 Å². The molecule has 7 nitrogen and oxygen atoms in total. The van der Waals surface area contributed by atoms with Gasteiger partial charge < -0.3 is 4.74 Å². The molecule has 0 N–H and O–H groups in total. The summed E-state index contributed by atoms with van der Waals surface area (Å²) in [4.78, 5) is 28.6. The van der Waals surface area contributed by atoms with Crippen molar-refractivity contribution in [2.75, 3.05) is 6.61 Å². The number of aromatic nitrogens is 4. The van der Waals surface area contributed by atoms with Crippen LogP contribution in [0.15, 0.2) is 94.5 Å². The van der Waals surface area contributed by atoms with Crippen LogP contribution in [-0.2, 0) is 14.1 Å². The molecule has 5 rings (SSSR count). The maximum absolute atomic E-state index is 14.3. The van der Waals surface area contributed by atoms with Crippen molar-refractivity contribution in [1.29, 1.82) is 0 Å². The molecule has 0 spiro atoms. The summed E-state index contributed by atoms with van der Waals surface area (Å²) in [6.45, 7) is 6.47. The summed E-state index contributed by atoms with van der Waals surface area (Å²) in [6.07, 6.45) is 0.843. The lowest BCUT2D eigenvalue weighted by atomic mass is 9.84. The van der Waals surface area contributed by atoms with E-state index in [0.717, 1.165) is 34.7 Å². The molecule has 0 aliphatic heterocycles. The third kappa shape index (κ3) is 4.44. The van der Waals surface area contributed by atoms with E-state index in [1.165, 1.54) is 0 Å². The zero-order valence-electron chi connectivity index (χ0n) is 23.1.